The highest BCUT2D eigenvalue weighted by Crippen LogP contribution is 2.22. The lowest BCUT2D eigenvalue weighted by atomic mass is 9.85. The molecule has 0 aliphatic heterocycles. The largest absolute Gasteiger partial charge is 0.357 e. The lowest BCUT2D eigenvalue weighted by Crippen LogP contribution is -2.39. The standard InChI is InChI=1S/C19H29N5O.HI/c1-5-20-18(21-13-9-12-17-23-15(2)24-25-17)22-14-19(3,4)16-10-7-6-8-11-16;/h6-8,10-11H,5,9,12-14H2,1-4H3,(H2,20,21,22);1H. The van der Waals surface area contributed by atoms with Crippen molar-refractivity contribution in [1.29, 1.82) is 0 Å². The summed E-state index contributed by atoms with van der Waals surface area (Å²) in [5.41, 5.74) is 1.28. The second-order valence-corrected chi connectivity index (χ2v) is 6.71. The Labute approximate surface area is 173 Å². The fourth-order valence-electron chi connectivity index (χ4n) is 2.49. The molecule has 6 nitrogen and oxygen atoms in total. The van der Waals surface area contributed by atoms with E-state index in [1.54, 1.807) is 0 Å². The molecule has 0 aliphatic rings. The van der Waals surface area contributed by atoms with E-state index in [0.29, 0.717) is 11.7 Å². The molecule has 0 fully saturated rings. The molecule has 144 valence electrons. The number of aromatic nitrogens is 2. The predicted molar refractivity (Wildman–Crippen MR) is 116 cm³/mol. The molecule has 0 saturated heterocycles. The van der Waals surface area contributed by atoms with Crippen molar-refractivity contribution in [1.82, 2.24) is 20.8 Å². The molecular formula is C19H30IN5O. The summed E-state index contributed by atoms with van der Waals surface area (Å²) in [6, 6.07) is 10.5. The Morgan fingerprint density at radius 1 is 1.19 bits per heavy atom. The summed E-state index contributed by atoms with van der Waals surface area (Å²) in [5.74, 6) is 2.21. The maximum Gasteiger partial charge on any atom is 0.226 e. The summed E-state index contributed by atoms with van der Waals surface area (Å²) in [4.78, 5) is 8.97. The monoisotopic (exact) mass is 471 g/mol. The van der Waals surface area contributed by atoms with Gasteiger partial charge in [-0.3, -0.25) is 4.99 Å². The quantitative estimate of drug-likeness (QED) is 0.267. The number of hydrogen-bond donors (Lipinski definition) is 2. The molecule has 2 N–H and O–H groups in total. The van der Waals surface area contributed by atoms with Crippen molar-refractivity contribution in [3.8, 4) is 0 Å². The fourth-order valence-corrected chi connectivity index (χ4v) is 2.49. The van der Waals surface area contributed by atoms with Gasteiger partial charge in [-0.05, 0) is 25.8 Å². The van der Waals surface area contributed by atoms with Crippen molar-refractivity contribution in [3.63, 3.8) is 0 Å². The van der Waals surface area contributed by atoms with Crippen LogP contribution in [0.3, 0.4) is 0 Å². The molecule has 0 bridgehead atoms. The smallest absolute Gasteiger partial charge is 0.226 e. The zero-order chi connectivity index (χ0) is 18.1. The Balaban J connectivity index is 0.00000338. The summed E-state index contributed by atoms with van der Waals surface area (Å²) in [6.45, 7) is 10.7. The van der Waals surface area contributed by atoms with Crippen LogP contribution in [0.15, 0.2) is 39.8 Å². The van der Waals surface area contributed by atoms with Crippen molar-refractivity contribution in [2.75, 3.05) is 19.6 Å². The van der Waals surface area contributed by atoms with Gasteiger partial charge >= 0.3 is 0 Å². The molecule has 1 aromatic carbocycles. The Bertz CT molecular complexity index is 670. The number of aryl methyl sites for hydroxylation is 2. The van der Waals surface area contributed by atoms with Crippen molar-refractivity contribution in [3.05, 3.63) is 47.6 Å². The zero-order valence-electron chi connectivity index (χ0n) is 16.1. The van der Waals surface area contributed by atoms with Crippen LogP contribution in [0.5, 0.6) is 0 Å². The molecule has 1 heterocycles. The summed E-state index contributed by atoms with van der Waals surface area (Å²) in [7, 11) is 0. The van der Waals surface area contributed by atoms with E-state index in [1.807, 2.05) is 13.0 Å². The Hall–Kier alpha value is -1.64. The highest BCUT2D eigenvalue weighted by atomic mass is 127. The Kier molecular flexibility index (Phi) is 9.61. The van der Waals surface area contributed by atoms with Gasteiger partial charge in [0.05, 0.1) is 6.54 Å². The lowest BCUT2D eigenvalue weighted by molar-refractivity contribution is 0.372. The van der Waals surface area contributed by atoms with Gasteiger partial charge in [0.2, 0.25) is 5.89 Å². The molecule has 2 aromatic rings. The van der Waals surface area contributed by atoms with Crippen LogP contribution in [-0.4, -0.2) is 35.7 Å². The summed E-state index contributed by atoms with van der Waals surface area (Å²) >= 11 is 0. The molecule has 7 heteroatoms. The Morgan fingerprint density at radius 3 is 2.54 bits per heavy atom. The molecule has 26 heavy (non-hydrogen) atoms. The molecular weight excluding hydrogens is 441 g/mol. The van der Waals surface area contributed by atoms with Crippen LogP contribution < -0.4 is 10.6 Å². The number of benzene rings is 1. The topological polar surface area (TPSA) is 75.3 Å². The van der Waals surface area contributed by atoms with Crippen molar-refractivity contribution < 1.29 is 4.52 Å². The van der Waals surface area contributed by atoms with Gasteiger partial charge in [0.15, 0.2) is 11.8 Å². The summed E-state index contributed by atoms with van der Waals surface area (Å²) < 4.78 is 5.13. The van der Waals surface area contributed by atoms with E-state index in [1.165, 1.54) is 5.56 Å². The zero-order valence-corrected chi connectivity index (χ0v) is 18.4. The third-order valence-corrected chi connectivity index (χ3v) is 3.96. The third kappa shape index (κ3) is 7.31. The average Bonchev–Trinajstić information content (AvgIpc) is 3.02. The molecule has 0 aliphatic carbocycles. The average molecular weight is 471 g/mol. The lowest BCUT2D eigenvalue weighted by Gasteiger charge is -2.23. The maximum atomic E-state index is 5.13. The predicted octanol–water partition coefficient (Wildman–Crippen LogP) is 3.46. The molecule has 2 rings (SSSR count). The van der Waals surface area contributed by atoms with Crippen LogP contribution in [-0.2, 0) is 11.8 Å². The van der Waals surface area contributed by atoms with Crippen molar-refractivity contribution >= 4 is 29.9 Å². The minimum Gasteiger partial charge on any atom is -0.357 e. The van der Waals surface area contributed by atoms with E-state index >= 15 is 0 Å². The van der Waals surface area contributed by atoms with Gasteiger partial charge in [-0.1, -0.05) is 49.3 Å². The number of halogens is 1. The number of nitrogens with one attached hydrogen (secondary N) is 2. The van der Waals surface area contributed by atoms with Crippen LogP contribution in [0.2, 0.25) is 0 Å². The van der Waals surface area contributed by atoms with Crippen molar-refractivity contribution in [2.45, 2.75) is 46.0 Å². The first-order valence-electron chi connectivity index (χ1n) is 8.88. The highest BCUT2D eigenvalue weighted by molar-refractivity contribution is 14.0. The van der Waals surface area contributed by atoms with Gasteiger partial charge in [-0.15, -0.1) is 24.0 Å². The van der Waals surface area contributed by atoms with Crippen LogP contribution in [0.1, 0.15) is 44.5 Å². The van der Waals surface area contributed by atoms with E-state index in [0.717, 1.165) is 38.4 Å². The van der Waals surface area contributed by atoms with Crippen molar-refractivity contribution in [2.24, 2.45) is 4.99 Å². The molecule has 0 atom stereocenters. The SMILES string of the molecule is CCNC(=NCC(C)(C)c1ccccc1)NCCCc1nc(C)no1.I. The number of hydrogen-bond acceptors (Lipinski definition) is 4. The van der Waals surface area contributed by atoms with Gasteiger partial charge in [-0.25, -0.2) is 0 Å². The molecule has 0 unspecified atom stereocenters. The minimum atomic E-state index is -0.00903. The van der Waals surface area contributed by atoms with Gasteiger partial charge in [0.25, 0.3) is 0 Å². The summed E-state index contributed by atoms with van der Waals surface area (Å²) in [5, 5.41) is 10.5. The van der Waals surface area contributed by atoms with Crippen LogP contribution >= 0.6 is 24.0 Å². The first kappa shape index (κ1) is 22.4. The second kappa shape index (κ2) is 11.2. The highest BCUT2D eigenvalue weighted by Gasteiger charge is 2.20. The van der Waals surface area contributed by atoms with Crippen LogP contribution in [0, 0.1) is 6.92 Å². The fraction of sp³-hybridized carbons (Fsp3) is 0.526. The molecule has 0 radical (unpaired) electrons. The maximum absolute atomic E-state index is 5.13. The number of guanidine groups is 1. The molecule has 0 saturated carbocycles. The molecule has 0 spiro atoms. The number of nitrogens with zero attached hydrogens (tertiary/aromatic N) is 3. The normalized spacial score (nSPS) is 11.8. The third-order valence-electron chi connectivity index (χ3n) is 3.96. The first-order valence-corrected chi connectivity index (χ1v) is 8.88. The van der Waals surface area contributed by atoms with E-state index < -0.39 is 0 Å². The van der Waals surface area contributed by atoms with Gasteiger partial charge in [-0.2, -0.15) is 4.98 Å². The second-order valence-electron chi connectivity index (χ2n) is 6.71. The van der Waals surface area contributed by atoms with E-state index in [2.05, 4.69) is 65.8 Å². The number of rotatable bonds is 8. The first-order chi connectivity index (χ1) is 12.0. The van der Waals surface area contributed by atoms with Crippen LogP contribution in [0.25, 0.3) is 0 Å². The van der Waals surface area contributed by atoms with E-state index in [-0.39, 0.29) is 29.4 Å². The molecule has 0 amide bonds. The van der Waals surface area contributed by atoms with Crippen LogP contribution in [0.4, 0.5) is 0 Å². The minimum absolute atomic E-state index is 0. The van der Waals surface area contributed by atoms with E-state index in [4.69, 9.17) is 9.52 Å². The summed E-state index contributed by atoms with van der Waals surface area (Å²) in [6.07, 6.45) is 1.68. The van der Waals surface area contributed by atoms with Gasteiger partial charge in [0.1, 0.15) is 0 Å². The molecule has 1 aromatic heterocycles. The van der Waals surface area contributed by atoms with Gasteiger partial charge in [0, 0.05) is 24.9 Å². The number of aliphatic imine (C=N–C) groups is 1. The Morgan fingerprint density at radius 2 is 1.92 bits per heavy atom. The van der Waals surface area contributed by atoms with Gasteiger partial charge < -0.3 is 15.2 Å². The van der Waals surface area contributed by atoms with E-state index in [9.17, 15) is 0 Å².